The van der Waals surface area contributed by atoms with Crippen molar-refractivity contribution < 1.29 is 0 Å². The summed E-state index contributed by atoms with van der Waals surface area (Å²) in [5.74, 6) is 0.506. The Morgan fingerprint density at radius 1 is 1.28 bits per heavy atom. The van der Waals surface area contributed by atoms with Crippen LogP contribution >= 0.6 is 22.9 Å². The number of aromatic nitrogens is 3. The van der Waals surface area contributed by atoms with E-state index in [1.807, 2.05) is 24.3 Å². The predicted molar refractivity (Wildman–Crippen MR) is 74.1 cm³/mol. The van der Waals surface area contributed by atoms with Crippen LogP contribution in [0.5, 0.6) is 0 Å². The zero-order chi connectivity index (χ0) is 12.5. The molecule has 0 saturated heterocycles. The number of hydrogen-bond donors (Lipinski definition) is 1. The van der Waals surface area contributed by atoms with E-state index in [-0.39, 0.29) is 0 Å². The van der Waals surface area contributed by atoms with E-state index in [9.17, 15) is 0 Å². The maximum atomic E-state index is 6.12. The third kappa shape index (κ3) is 2.19. The first kappa shape index (κ1) is 11.5. The fourth-order valence-corrected chi connectivity index (χ4v) is 2.91. The van der Waals surface area contributed by atoms with Crippen molar-refractivity contribution in [2.45, 2.75) is 12.8 Å². The molecule has 0 amide bonds. The summed E-state index contributed by atoms with van der Waals surface area (Å²) in [5.41, 5.74) is 6.73. The fraction of sp³-hybridized carbons (Fsp3) is 0.167. The van der Waals surface area contributed by atoms with Gasteiger partial charge in [-0.15, -0.1) is 0 Å². The molecule has 4 nitrogen and oxygen atoms in total. The molecule has 0 bridgehead atoms. The first-order chi connectivity index (χ1) is 8.72. The quantitative estimate of drug-likeness (QED) is 0.801. The summed E-state index contributed by atoms with van der Waals surface area (Å²) in [4.78, 5) is 5.01. The Hall–Kier alpha value is -1.59. The lowest BCUT2D eigenvalue weighted by Gasteiger charge is -2.01. The molecule has 3 aromatic rings. The van der Waals surface area contributed by atoms with Gasteiger partial charge in [-0.2, -0.15) is 5.10 Å². The minimum absolute atomic E-state index is 0.506. The standard InChI is InChI=1S/C12H11ClN4S/c13-9-4-2-1-3-8(9)5-6-11-16-17-7-10(14)15-12(17)18-11/h1-4,7H,5-6,14H2. The average Bonchev–Trinajstić information content (AvgIpc) is 2.84. The molecule has 0 aliphatic rings. The van der Waals surface area contributed by atoms with Gasteiger partial charge in [0.05, 0.1) is 6.20 Å². The summed E-state index contributed by atoms with van der Waals surface area (Å²) in [6, 6.07) is 7.88. The van der Waals surface area contributed by atoms with Gasteiger partial charge in [0.15, 0.2) is 0 Å². The molecule has 2 heterocycles. The lowest BCUT2D eigenvalue weighted by molar-refractivity contribution is 0.866. The topological polar surface area (TPSA) is 56.2 Å². The first-order valence-corrected chi connectivity index (χ1v) is 6.76. The van der Waals surface area contributed by atoms with Gasteiger partial charge in [-0.05, 0) is 18.1 Å². The summed E-state index contributed by atoms with van der Waals surface area (Å²) in [7, 11) is 0. The van der Waals surface area contributed by atoms with Gasteiger partial charge in [-0.1, -0.05) is 41.1 Å². The minimum Gasteiger partial charge on any atom is -0.382 e. The van der Waals surface area contributed by atoms with Gasteiger partial charge in [0.1, 0.15) is 10.8 Å². The van der Waals surface area contributed by atoms with Crippen molar-refractivity contribution in [3.63, 3.8) is 0 Å². The average molecular weight is 279 g/mol. The molecule has 0 unspecified atom stereocenters. The number of hydrogen-bond acceptors (Lipinski definition) is 4. The number of benzene rings is 1. The molecule has 0 radical (unpaired) electrons. The third-order valence-corrected chi connectivity index (χ3v) is 4.02. The zero-order valence-corrected chi connectivity index (χ0v) is 11.1. The molecular formula is C12H11ClN4S. The van der Waals surface area contributed by atoms with Gasteiger partial charge in [-0.3, -0.25) is 0 Å². The Labute approximate surface area is 113 Å². The van der Waals surface area contributed by atoms with E-state index in [0.29, 0.717) is 5.82 Å². The van der Waals surface area contributed by atoms with E-state index >= 15 is 0 Å². The van der Waals surface area contributed by atoms with E-state index in [1.54, 1.807) is 22.0 Å². The Morgan fingerprint density at radius 2 is 2.11 bits per heavy atom. The smallest absolute Gasteiger partial charge is 0.214 e. The molecule has 0 saturated carbocycles. The molecule has 0 aliphatic heterocycles. The molecule has 18 heavy (non-hydrogen) atoms. The second-order valence-corrected chi connectivity index (χ2v) is 5.43. The first-order valence-electron chi connectivity index (χ1n) is 5.56. The third-order valence-electron chi connectivity index (χ3n) is 2.67. The molecule has 2 N–H and O–H groups in total. The van der Waals surface area contributed by atoms with Crippen molar-refractivity contribution >= 4 is 33.7 Å². The van der Waals surface area contributed by atoms with Gasteiger partial charge in [0.2, 0.25) is 4.96 Å². The van der Waals surface area contributed by atoms with Crippen LogP contribution in [0.15, 0.2) is 30.5 Å². The number of halogens is 1. The summed E-state index contributed by atoms with van der Waals surface area (Å²) in [6.07, 6.45) is 3.47. The van der Waals surface area contributed by atoms with E-state index < -0.39 is 0 Å². The second-order valence-electron chi connectivity index (χ2n) is 3.98. The van der Waals surface area contributed by atoms with Crippen molar-refractivity contribution in [3.05, 3.63) is 46.1 Å². The largest absolute Gasteiger partial charge is 0.382 e. The van der Waals surface area contributed by atoms with Crippen LogP contribution in [0.2, 0.25) is 5.02 Å². The SMILES string of the molecule is Nc1cn2nc(CCc3ccccc3Cl)sc2n1. The molecule has 92 valence electrons. The van der Waals surface area contributed by atoms with Crippen LogP contribution in [0.25, 0.3) is 4.96 Å². The highest BCUT2D eigenvalue weighted by Gasteiger charge is 2.07. The Bertz CT molecular complexity index is 657. The van der Waals surface area contributed by atoms with Crippen LogP contribution in [0, 0.1) is 0 Å². The summed E-state index contributed by atoms with van der Waals surface area (Å²) < 4.78 is 1.72. The van der Waals surface area contributed by atoms with E-state index in [1.165, 1.54) is 0 Å². The van der Waals surface area contributed by atoms with Crippen molar-refractivity contribution in [1.29, 1.82) is 0 Å². The van der Waals surface area contributed by atoms with Crippen LogP contribution in [0.1, 0.15) is 10.6 Å². The highest BCUT2D eigenvalue weighted by molar-refractivity contribution is 7.16. The Morgan fingerprint density at radius 3 is 2.89 bits per heavy atom. The van der Waals surface area contributed by atoms with E-state index in [0.717, 1.165) is 33.4 Å². The van der Waals surface area contributed by atoms with E-state index in [2.05, 4.69) is 10.1 Å². The van der Waals surface area contributed by atoms with Gasteiger partial charge in [0.25, 0.3) is 0 Å². The second kappa shape index (κ2) is 4.59. The number of anilines is 1. The highest BCUT2D eigenvalue weighted by atomic mass is 35.5. The zero-order valence-electron chi connectivity index (χ0n) is 9.51. The number of nitrogens with zero attached hydrogens (tertiary/aromatic N) is 3. The van der Waals surface area contributed by atoms with Crippen molar-refractivity contribution in [2.24, 2.45) is 0 Å². The lowest BCUT2D eigenvalue weighted by Crippen LogP contribution is -1.93. The Kier molecular flexibility index (Phi) is 2.93. The fourth-order valence-electron chi connectivity index (χ4n) is 1.80. The van der Waals surface area contributed by atoms with Crippen molar-refractivity contribution in [3.8, 4) is 0 Å². The number of aryl methyl sites for hydroxylation is 2. The van der Waals surface area contributed by atoms with Crippen LogP contribution in [-0.4, -0.2) is 14.6 Å². The van der Waals surface area contributed by atoms with Gasteiger partial charge >= 0.3 is 0 Å². The maximum absolute atomic E-state index is 6.12. The molecule has 0 atom stereocenters. The van der Waals surface area contributed by atoms with Crippen molar-refractivity contribution in [2.75, 3.05) is 5.73 Å². The van der Waals surface area contributed by atoms with Gasteiger partial charge in [-0.25, -0.2) is 9.50 Å². The molecule has 6 heteroatoms. The van der Waals surface area contributed by atoms with Crippen LogP contribution in [-0.2, 0) is 12.8 Å². The summed E-state index contributed by atoms with van der Waals surface area (Å²) in [5, 5.41) is 6.28. The molecule has 2 aromatic heterocycles. The summed E-state index contributed by atoms with van der Waals surface area (Å²) in [6.45, 7) is 0. The number of imidazole rings is 1. The van der Waals surface area contributed by atoms with Crippen LogP contribution in [0.3, 0.4) is 0 Å². The number of nitrogens with two attached hydrogens (primary N) is 1. The summed E-state index contributed by atoms with van der Waals surface area (Å²) >= 11 is 7.68. The molecule has 3 rings (SSSR count). The molecular weight excluding hydrogens is 268 g/mol. The highest BCUT2D eigenvalue weighted by Crippen LogP contribution is 2.20. The normalized spacial score (nSPS) is 11.2. The molecule has 0 fully saturated rings. The van der Waals surface area contributed by atoms with Crippen LogP contribution in [0.4, 0.5) is 5.82 Å². The number of fused-ring (bicyclic) bond motifs is 1. The monoisotopic (exact) mass is 278 g/mol. The maximum Gasteiger partial charge on any atom is 0.214 e. The number of rotatable bonds is 3. The predicted octanol–water partition coefficient (Wildman–Crippen LogP) is 2.81. The molecule has 1 aromatic carbocycles. The molecule has 0 aliphatic carbocycles. The van der Waals surface area contributed by atoms with Gasteiger partial charge < -0.3 is 5.73 Å². The van der Waals surface area contributed by atoms with Crippen LogP contribution < -0.4 is 5.73 Å². The van der Waals surface area contributed by atoms with Gasteiger partial charge in [0, 0.05) is 11.4 Å². The lowest BCUT2D eigenvalue weighted by atomic mass is 10.1. The van der Waals surface area contributed by atoms with E-state index in [4.69, 9.17) is 17.3 Å². The minimum atomic E-state index is 0.506. The molecule has 0 spiro atoms. The van der Waals surface area contributed by atoms with Crippen molar-refractivity contribution in [1.82, 2.24) is 14.6 Å². The Balaban J connectivity index is 1.76. The number of nitrogen functional groups attached to an aromatic ring is 1.